The minimum atomic E-state index is -1.08. The first kappa shape index (κ1) is 16.5. The van der Waals surface area contributed by atoms with Crippen molar-refractivity contribution in [2.45, 2.75) is 24.4 Å². The van der Waals surface area contributed by atoms with Crippen LogP contribution in [-0.2, 0) is 4.74 Å². The normalized spacial score (nSPS) is 27.5. The summed E-state index contributed by atoms with van der Waals surface area (Å²) in [6, 6.07) is 3.88. The summed E-state index contributed by atoms with van der Waals surface area (Å²) in [4.78, 5) is 12.3. The van der Waals surface area contributed by atoms with Crippen molar-refractivity contribution in [2.24, 2.45) is 0 Å². The van der Waals surface area contributed by atoms with Crippen LogP contribution in [0.4, 0.5) is 0 Å². The Hall–Kier alpha value is -1.83. The van der Waals surface area contributed by atoms with Crippen molar-refractivity contribution in [3.63, 3.8) is 0 Å². The number of ether oxygens (including phenoxy) is 3. The van der Waals surface area contributed by atoms with Crippen molar-refractivity contribution >= 4 is 5.91 Å². The van der Waals surface area contributed by atoms with Gasteiger partial charge in [-0.05, 0) is 25.1 Å². The second-order valence-corrected chi connectivity index (χ2v) is 4.88. The highest BCUT2D eigenvalue weighted by atomic mass is 16.5. The van der Waals surface area contributed by atoms with Gasteiger partial charge in [-0.25, -0.2) is 0 Å². The lowest BCUT2D eigenvalue weighted by molar-refractivity contribution is -0.0114. The quantitative estimate of drug-likeness (QED) is 0.687. The molecule has 7 nitrogen and oxygen atoms in total. The Kier molecular flexibility index (Phi) is 5.23. The average molecular weight is 309 g/mol. The molecule has 120 valence electrons. The Bertz CT molecular complexity index is 535. The van der Waals surface area contributed by atoms with Crippen LogP contribution in [0.3, 0.4) is 0 Å². The van der Waals surface area contributed by atoms with E-state index in [-0.39, 0.29) is 6.61 Å². The van der Waals surface area contributed by atoms with Gasteiger partial charge in [0.15, 0.2) is 11.5 Å². The molecule has 1 aromatic carbocycles. The zero-order chi connectivity index (χ0) is 16.3. The van der Waals surface area contributed by atoms with Gasteiger partial charge in [-0.3, -0.25) is 4.79 Å². The highest BCUT2D eigenvalue weighted by Gasteiger charge is 2.42. The van der Waals surface area contributed by atoms with Crippen LogP contribution in [0.1, 0.15) is 10.4 Å². The molecular formula is C15H19NO6. The monoisotopic (exact) mass is 309 g/mol. The van der Waals surface area contributed by atoms with Gasteiger partial charge in [0.05, 0.1) is 33.0 Å². The predicted octanol–water partition coefficient (Wildman–Crippen LogP) is -0.366. The van der Waals surface area contributed by atoms with Crippen molar-refractivity contribution in [3.8, 4) is 11.5 Å². The van der Waals surface area contributed by atoms with E-state index in [0.29, 0.717) is 17.1 Å². The molecule has 3 N–H and O–H groups in total. The number of nitrogens with one attached hydrogen (secondary N) is 1. The molecule has 0 aliphatic carbocycles. The Morgan fingerprint density at radius 1 is 1.36 bits per heavy atom. The maximum atomic E-state index is 12.3. The van der Waals surface area contributed by atoms with Gasteiger partial charge in [0.1, 0.15) is 12.2 Å². The summed E-state index contributed by atoms with van der Waals surface area (Å²) < 4.78 is 15.4. The summed E-state index contributed by atoms with van der Waals surface area (Å²) in [6.07, 6.45) is -2.79. The van der Waals surface area contributed by atoms with Gasteiger partial charge >= 0.3 is 0 Å². The smallest absolute Gasteiger partial charge is 0.251 e. The number of hydrogen-bond acceptors (Lipinski definition) is 6. The second kappa shape index (κ2) is 6.95. The van der Waals surface area contributed by atoms with E-state index in [1.807, 2.05) is 0 Å². The SMILES string of the molecule is [CH][C@@H]1O[C@H](CO)[C@H](O)C1NC(=O)c1ccc(OC)c(OC)c1. The van der Waals surface area contributed by atoms with Crippen LogP contribution in [0.5, 0.6) is 11.5 Å². The Morgan fingerprint density at radius 2 is 2.05 bits per heavy atom. The first-order valence-corrected chi connectivity index (χ1v) is 6.74. The maximum absolute atomic E-state index is 12.3. The number of aliphatic hydroxyl groups is 2. The highest BCUT2D eigenvalue weighted by molar-refractivity contribution is 5.95. The lowest BCUT2D eigenvalue weighted by atomic mass is 10.0. The van der Waals surface area contributed by atoms with Gasteiger partial charge in [0, 0.05) is 5.56 Å². The second-order valence-electron chi connectivity index (χ2n) is 4.88. The third-order valence-electron chi connectivity index (χ3n) is 3.56. The lowest BCUT2D eigenvalue weighted by Gasteiger charge is -2.19. The zero-order valence-electron chi connectivity index (χ0n) is 12.4. The molecule has 7 heteroatoms. The topological polar surface area (TPSA) is 97.2 Å². The molecule has 2 rings (SSSR count). The number of carbonyl (C=O) groups is 1. The van der Waals surface area contributed by atoms with Gasteiger partial charge in [0.2, 0.25) is 0 Å². The molecule has 1 saturated heterocycles. The largest absolute Gasteiger partial charge is 0.493 e. The molecule has 1 aromatic rings. The lowest BCUT2D eigenvalue weighted by Crippen LogP contribution is -2.47. The fraction of sp³-hybridized carbons (Fsp3) is 0.467. The van der Waals surface area contributed by atoms with Crippen LogP contribution < -0.4 is 14.8 Å². The summed E-state index contributed by atoms with van der Waals surface area (Å²) >= 11 is 0. The van der Waals surface area contributed by atoms with Crippen LogP contribution in [0, 0.1) is 6.92 Å². The number of carbonyl (C=O) groups excluding carboxylic acids is 1. The zero-order valence-corrected chi connectivity index (χ0v) is 12.4. The van der Waals surface area contributed by atoms with E-state index in [2.05, 4.69) is 5.32 Å². The summed E-state index contributed by atoms with van der Waals surface area (Å²) in [7, 11) is 2.97. The number of methoxy groups -OCH3 is 2. The van der Waals surface area contributed by atoms with Gasteiger partial charge < -0.3 is 29.7 Å². The summed E-state index contributed by atoms with van der Waals surface area (Å²) in [5, 5.41) is 21.6. The first-order valence-electron chi connectivity index (χ1n) is 6.74. The number of rotatable bonds is 5. The van der Waals surface area contributed by atoms with Crippen molar-refractivity contribution in [1.29, 1.82) is 0 Å². The van der Waals surface area contributed by atoms with E-state index in [1.165, 1.54) is 20.3 Å². The molecule has 1 fully saturated rings. The molecule has 4 atom stereocenters. The molecule has 22 heavy (non-hydrogen) atoms. The first-order chi connectivity index (χ1) is 10.5. The van der Waals surface area contributed by atoms with Crippen LogP contribution in [-0.4, -0.2) is 61.3 Å². The molecule has 2 radical (unpaired) electrons. The third-order valence-corrected chi connectivity index (χ3v) is 3.56. The minimum absolute atomic E-state index is 0.324. The van der Waals surface area contributed by atoms with E-state index < -0.39 is 30.3 Å². The highest BCUT2D eigenvalue weighted by Crippen LogP contribution is 2.28. The van der Waals surface area contributed by atoms with Crippen molar-refractivity contribution < 1.29 is 29.2 Å². The van der Waals surface area contributed by atoms with E-state index in [9.17, 15) is 9.90 Å². The van der Waals surface area contributed by atoms with Crippen LogP contribution in [0.2, 0.25) is 0 Å². The Morgan fingerprint density at radius 3 is 2.59 bits per heavy atom. The molecule has 0 bridgehead atoms. The molecule has 1 unspecified atom stereocenters. The van der Waals surface area contributed by atoms with E-state index >= 15 is 0 Å². The summed E-state index contributed by atoms with van der Waals surface area (Å²) in [6.45, 7) is 5.33. The third kappa shape index (κ3) is 3.16. The van der Waals surface area contributed by atoms with Gasteiger partial charge in [-0.1, -0.05) is 0 Å². The molecule has 0 aromatic heterocycles. The van der Waals surface area contributed by atoms with E-state index in [4.69, 9.17) is 26.2 Å². The fourth-order valence-electron chi connectivity index (χ4n) is 2.32. The molecule has 0 saturated carbocycles. The van der Waals surface area contributed by atoms with Crippen molar-refractivity contribution in [3.05, 3.63) is 30.7 Å². The van der Waals surface area contributed by atoms with Gasteiger partial charge in [0.25, 0.3) is 5.91 Å². The molecular weight excluding hydrogens is 290 g/mol. The maximum Gasteiger partial charge on any atom is 0.251 e. The Labute approximate surface area is 128 Å². The molecule has 1 heterocycles. The van der Waals surface area contributed by atoms with Gasteiger partial charge in [-0.15, -0.1) is 0 Å². The van der Waals surface area contributed by atoms with Gasteiger partial charge in [-0.2, -0.15) is 0 Å². The number of aliphatic hydroxyl groups excluding tert-OH is 2. The number of benzene rings is 1. The average Bonchev–Trinajstić information content (AvgIpc) is 2.81. The molecule has 1 aliphatic heterocycles. The predicted molar refractivity (Wildman–Crippen MR) is 76.9 cm³/mol. The van der Waals surface area contributed by atoms with E-state index in [0.717, 1.165) is 0 Å². The van der Waals surface area contributed by atoms with Crippen molar-refractivity contribution in [1.82, 2.24) is 5.32 Å². The summed E-state index contributed by atoms with van der Waals surface area (Å²) in [5.74, 6) is 0.471. The molecule has 1 aliphatic rings. The van der Waals surface area contributed by atoms with Crippen molar-refractivity contribution in [2.75, 3.05) is 20.8 Å². The standard InChI is InChI=1S/C15H19NO6/c1-8-13(14(18)12(7-17)22-8)16-15(19)9-4-5-10(20-2)11(6-9)21-3/h1,4-6,8,12-14,17-18H,7H2,2-3H3,(H,16,19)/t8-,12+,13?,14-/m0/s1. The summed E-state index contributed by atoms with van der Waals surface area (Å²) in [5.41, 5.74) is 0.324. The van der Waals surface area contributed by atoms with Crippen LogP contribution >= 0.6 is 0 Å². The number of hydrogen-bond donors (Lipinski definition) is 3. The van der Waals surface area contributed by atoms with Crippen LogP contribution in [0.25, 0.3) is 0 Å². The van der Waals surface area contributed by atoms with Crippen LogP contribution in [0.15, 0.2) is 18.2 Å². The van der Waals surface area contributed by atoms with E-state index in [1.54, 1.807) is 12.1 Å². The fourth-order valence-corrected chi connectivity index (χ4v) is 2.32. The number of amides is 1. The minimum Gasteiger partial charge on any atom is -0.493 e. The molecule has 1 amide bonds. The Balaban J connectivity index is 2.12. The molecule has 0 spiro atoms.